The first-order chi connectivity index (χ1) is 14.0. The molecule has 8 heteroatoms. The Kier molecular flexibility index (Phi) is 6.98. The van der Waals surface area contributed by atoms with Gasteiger partial charge in [-0.1, -0.05) is 12.1 Å². The van der Waals surface area contributed by atoms with Crippen molar-refractivity contribution < 1.29 is 19.1 Å². The van der Waals surface area contributed by atoms with Crippen molar-refractivity contribution >= 4 is 23.3 Å². The van der Waals surface area contributed by atoms with Gasteiger partial charge in [-0.3, -0.25) is 4.79 Å². The van der Waals surface area contributed by atoms with Gasteiger partial charge >= 0.3 is 6.03 Å². The maximum atomic E-state index is 13.2. The average Bonchev–Trinajstić information content (AvgIpc) is 3.36. The first kappa shape index (κ1) is 21.0. The fourth-order valence-electron chi connectivity index (χ4n) is 3.07. The lowest BCUT2D eigenvalue weighted by molar-refractivity contribution is -0.133. The van der Waals surface area contributed by atoms with E-state index >= 15 is 0 Å². The van der Waals surface area contributed by atoms with Crippen LogP contribution in [0.2, 0.25) is 0 Å². The number of carbonyl (C=O) groups is 2. The summed E-state index contributed by atoms with van der Waals surface area (Å²) in [4.78, 5) is 30.0. The lowest BCUT2D eigenvalue weighted by Gasteiger charge is -2.30. The Morgan fingerprint density at radius 1 is 1.17 bits per heavy atom. The van der Waals surface area contributed by atoms with Gasteiger partial charge in [-0.15, -0.1) is 11.3 Å². The SMILES string of the molecule is CCNC(=O)N(CC(=O)N(Cc1ccc2c(c1)OCO2)Cc1cccs1)C(C)C. The van der Waals surface area contributed by atoms with E-state index in [1.807, 2.05) is 56.5 Å². The molecule has 7 nitrogen and oxygen atoms in total. The minimum Gasteiger partial charge on any atom is -0.454 e. The zero-order valence-corrected chi connectivity index (χ0v) is 17.8. The topological polar surface area (TPSA) is 71.1 Å². The number of amides is 3. The van der Waals surface area contributed by atoms with Gasteiger partial charge in [0, 0.05) is 24.0 Å². The number of benzene rings is 1. The second-order valence-electron chi connectivity index (χ2n) is 7.07. The van der Waals surface area contributed by atoms with Crippen LogP contribution in [0, 0.1) is 0 Å². The summed E-state index contributed by atoms with van der Waals surface area (Å²) < 4.78 is 10.8. The molecule has 0 bridgehead atoms. The van der Waals surface area contributed by atoms with Crippen LogP contribution in [0.25, 0.3) is 0 Å². The third-order valence-electron chi connectivity index (χ3n) is 4.61. The summed E-state index contributed by atoms with van der Waals surface area (Å²) in [6.45, 7) is 7.36. The van der Waals surface area contributed by atoms with Crippen molar-refractivity contribution in [3.05, 3.63) is 46.2 Å². The van der Waals surface area contributed by atoms with E-state index in [9.17, 15) is 9.59 Å². The number of fused-ring (bicyclic) bond motifs is 1. The van der Waals surface area contributed by atoms with Crippen molar-refractivity contribution in [3.63, 3.8) is 0 Å². The summed E-state index contributed by atoms with van der Waals surface area (Å²) in [5.74, 6) is 1.31. The summed E-state index contributed by atoms with van der Waals surface area (Å²) in [6.07, 6.45) is 0. The lowest BCUT2D eigenvalue weighted by atomic mass is 10.2. The van der Waals surface area contributed by atoms with E-state index in [0.717, 1.165) is 10.4 Å². The molecule has 0 aliphatic carbocycles. The van der Waals surface area contributed by atoms with Crippen LogP contribution < -0.4 is 14.8 Å². The Balaban J connectivity index is 1.76. The minimum atomic E-state index is -0.227. The zero-order valence-electron chi connectivity index (χ0n) is 17.0. The first-order valence-corrected chi connectivity index (χ1v) is 10.6. The number of nitrogens with zero attached hydrogens (tertiary/aromatic N) is 2. The van der Waals surface area contributed by atoms with Crippen molar-refractivity contribution in [2.45, 2.75) is 39.9 Å². The maximum absolute atomic E-state index is 13.2. The molecule has 1 aromatic heterocycles. The van der Waals surface area contributed by atoms with Crippen molar-refractivity contribution in [2.75, 3.05) is 19.9 Å². The van der Waals surface area contributed by atoms with Crippen LogP contribution in [-0.4, -0.2) is 47.7 Å². The predicted molar refractivity (Wildman–Crippen MR) is 112 cm³/mol. The van der Waals surface area contributed by atoms with Crippen molar-refractivity contribution in [2.24, 2.45) is 0 Å². The number of rotatable bonds is 8. The van der Waals surface area contributed by atoms with Gasteiger partial charge in [-0.2, -0.15) is 0 Å². The van der Waals surface area contributed by atoms with E-state index in [0.29, 0.717) is 31.1 Å². The standard InChI is InChI=1S/C21H27N3O4S/c1-4-22-21(26)24(15(2)3)13-20(25)23(12-17-6-5-9-29-17)11-16-7-8-18-19(10-16)28-14-27-18/h5-10,15H,4,11-14H2,1-3H3,(H,22,26). The van der Waals surface area contributed by atoms with E-state index in [1.54, 1.807) is 21.1 Å². The summed E-state index contributed by atoms with van der Waals surface area (Å²) in [5.41, 5.74) is 0.952. The fourth-order valence-corrected chi connectivity index (χ4v) is 3.79. The molecule has 3 rings (SSSR count). The summed E-state index contributed by atoms with van der Waals surface area (Å²) in [7, 11) is 0. The Hall–Kier alpha value is -2.74. The monoisotopic (exact) mass is 417 g/mol. The number of hydrogen-bond donors (Lipinski definition) is 1. The number of hydrogen-bond acceptors (Lipinski definition) is 5. The molecule has 0 saturated heterocycles. The van der Waals surface area contributed by atoms with E-state index in [2.05, 4.69) is 5.32 Å². The second-order valence-corrected chi connectivity index (χ2v) is 8.11. The van der Waals surface area contributed by atoms with Gasteiger partial charge in [0.25, 0.3) is 0 Å². The molecule has 1 aliphatic heterocycles. The molecule has 0 unspecified atom stereocenters. The molecule has 156 valence electrons. The quantitative estimate of drug-likeness (QED) is 0.714. The third-order valence-corrected chi connectivity index (χ3v) is 5.47. The molecule has 0 spiro atoms. The highest BCUT2D eigenvalue weighted by molar-refractivity contribution is 7.09. The van der Waals surface area contributed by atoms with Gasteiger partial charge in [0.1, 0.15) is 6.54 Å². The normalized spacial score (nSPS) is 12.1. The number of ether oxygens (including phenoxy) is 2. The Morgan fingerprint density at radius 3 is 2.66 bits per heavy atom. The fraction of sp³-hybridized carbons (Fsp3) is 0.429. The van der Waals surface area contributed by atoms with E-state index in [4.69, 9.17) is 9.47 Å². The third kappa shape index (κ3) is 5.41. The highest BCUT2D eigenvalue weighted by Gasteiger charge is 2.24. The van der Waals surface area contributed by atoms with Crippen LogP contribution in [0.15, 0.2) is 35.7 Å². The number of thiophene rings is 1. The molecule has 1 N–H and O–H groups in total. The second kappa shape index (κ2) is 9.65. The van der Waals surface area contributed by atoms with E-state index in [-0.39, 0.29) is 31.3 Å². The van der Waals surface area contributed by atoms with E-state index in [1.165, 1.54) is 0 Å². The van der Waals surface area contributed by atoms with Gasteiger partial charge in [-0.05, 0) is 49.9 Å². The van der Waals surface area contributed by atoms with Crippen LogP contribution in [0.5, 0.6) is 11.5 Å². The van der Waals surface area contributed by atoms with Gasteiger partial charge < -0.3 is 24.6 Å². The largest absolute Gasteiger partial charge is 0.454 e. The predicted octanol–water partition coefficient (Wildman–Crippen LogP) is 3.45. The Labute approximate surface area is 175 Å². The van der Waals surface area contributed by atoms with Gasteiger partial charge in [0.2, 0.25) is 12.7 Å². The molecule has 2 aromatic rings. The molecular formula is C21H27N3O4S. The molecule has 0 saturated carbocycles. The average molecular weight is 418 g/mol. The molecule has 1 aromatic carbocycles. The smallest absolute Gasteiger partial charge is 0.318 e. The van der Waals surface area contributed by atoms with Crippen LogP contribution in [-0.2, 0) is 17.9 Å². The Bertz CT molecular complexity index is 838. The zero-order chi connectivity index (χ0) is 20.8. The highest BCUT2D eigenvalue weighted by Crippen LogP contribution is 2.33. The maximum Gasteiger partial charge on any atom is 0.318 e. The van der Waals surface area contributed by atoms with Gasteiger partial charge in [0.15, 0.2) is 11.5 Å². The molecule has 29 heavy (non-hydrogen) atoms. The van der Waals surface area contributed by atoms with Crippen molar-refractivity contribution in [1.29, 1.82) is 0 Å². The minimum absolute atomic E-state index is 0.0272. The molecule has 3 amide bonds. The highest BCUT2D eigenvalue weighted by atomic mass is 32.1. The summed E-state index contributed by atoms with van der Waals surface area (Å²) in [6, 6.07) is 9.37. The lowest BCUT2D eigenvalue weighted by Crippen LogP contribution is -2.49. The number of urea groups is 1. The number of nitrogens with one attached hydrogen (secondary N) is 1. The summed E-state index contributed by atoms with van der Waals surface area (Å²) >= 11 is 1.61. The number of carbonyl (C=O) groups excluding carboxylic acids is 2. The van der Waals surface area contributed by atoms with Crippen molar-refractivity contribution in [3.8, 4) is 11.5 Å². The molecule has 0 fully saturated rings. The van der Waals surface area contributed by atoms with Gasteiger partial charge in [-0.25, -0.2) is 4.79 Å². The van der Waals surface area contributed by atoms with Crippen LogP contribution in [0.3, 0.4) is 0 Å². The molecule has 1 aliphatic rings. The van der Waals surface area contributed by atoms with Crippen LogP contribution >= 0.6 is 11.3 Å². The van der Waals surface area contributed by atoms with Crippen molar-refractivity contribution in [1.82, 2.24) is 15.1 Å². The Morgan fingerprint density at radius 2 is 1.97 bits per heavy atom. The molecule has 2 heterocycles. The van der Waals surface area contributed by atoms with Crippen LogP contribution in [0.4, 0.5) is 4.79 Å². The molecule has 0 atom stereocenters. The first-order valence-electron chi connectivity index (χ1n) is 9.71. The molecular weight excluding hydrogens is 390 g/mol. The van der Waals surface area contributed by atoms with E-state index < -0.39 is 0 Å². The van der Waals surface area contributed by atoms with Gasteiger partial charge in [0.05, 0.1) is 6.54 Å². The van der Waals surface area contributed by atoms with Crippen LogP contribution in [0.1, 0.15) is 31.2 Å². The molecule has 0 radical (unpaired) electrons. The summed E-state index contributed by atoms with van der Waals surface area (Å²) in [5, 5.41) is 4.78.